The maximum Gasteiger partial charge on any atom is 0.334 e. The van der Waals surface area contributed by atoms with Crippen molar-refractivity contribution in [2.24, 2.45) is 0 Å². The van der Waals surface area contributed by atoms with Crippen LogP contribution in [0.3, 0.4) is 0 Å². The van der Waals surface area contributed by atoms with Crippen molar-refractivity contribution in [1.29, 1.82) is 0 Å². The van der Waals surface area contributed by atoms with E-state index < -0.39 is 21.6 Å². The van der Waals surface area contributed by atoms with Crippen LogP contribution in [-0.4, -0.2) is 27.2 Å². The normalized spacial score (nSPS) is 16.8. The second-order valence-electron chi connectivity index (χ2n) is 5.55. The van der Waals surface area contributed by atoms with Crippen molar-refractivity contribution >= 4 is 21.4 Å². The molecule has 1 aliphatic heterocycles. The average molecular weight is 346 g/mol. The van der Waals surface area contributed by atoms with Gasteiger partial charge in [0.05, 0.1) is 11.5 Å². The van der Waals surface area contributed by atoms with Crippen LogP contribution in [0.5, 0.6) is 0 Å². The molecule has 2 aromatic rings. The standard InChI is InChI=1S/C18H15FO4S/c1-24(21,22)15-7-5-12(6-8-15)17(16-9-10-23-18(16)20)13-3-2-4-14(19)11-13/h2-8,11H,9-10H2,1H3. The van der Waals surface area contributed by atoms with Crippen LogP contribution in [0.2, 0.25) is 0 Å². The second-order valence-corrected chi connectivity index (χ2v) is 7.56. The van der Waals surface area contributed by atoms with Crippen molar-refractivity contribution in [1.82, 2.24) is 0 Å². The molecule has 2 aromatic carbocycles. The lowest BCUT2D eigenvalue weighted by molar-refractivity contribution is -0.135. The van der Waals surface area contributed by atoms with Gasteiger partial charge >= 0.3 is 5.97 Å². The number of hydrogen-bond acceptors (Lipinski definition) is 4. The van der Waals surface area contributed by atoms with Crippen LogP contribution in [0.25, 0.3) is 5.57 Å². The molecule has 0 bridgehead atoms. The summed E-state index contributed by atoms with van der Waals surface area (Å²) in [5, 5.41) is 0. The SMILES string of the molecule is CS(=O)(=O)c1ccc(C(=C2CCOC2=O)c2cccc(F)c2)cc1. The Hall–Kier alpha value is -2.47. The Morgan fingerprint density at radius 3 is 2.33 bits per heavy atom. The number of esters is 1. The zero-order chi connectivity index (χ0) is 17.3. The van der Waals surface area contributed by atoms with E-state index in [1.807, 2.05) is 0 Å². The molecular formula is C18H15FO4S. The minimum absolute atomic E-state index is 0.184. The van der Waals surface area contributed by atoms with Gasteiger partial charge in [-0.15, -0.1) is 0 Å². The maximum atomic E-state index is 13.6. The van der Waals surface area contributed by atoms with Crippen LogP contribution in [0.1, 0.15) is 17.5 Å². The number of rotatable bonds is 3. The number of sulfone groups is 1. The Labute approximate surface area is 139 Å². The number of cyclic esters (lactones) is 1. The summed E-state index contributed by atoms with van der Waals surface area (Å²) in [6, 6.07) is 12.1. The number of hydrogen-bond donors (Lipinski definition) is 0. The minimum Gasteiger partial charge on any atom is -0.462 e. The van der Waals surface area contributed by atoms with Gasteiger partial charge in [0, 0.05) is 18.2 Å². The van der Waals surface area contributed by atoms with Crippen molar-refractivity contribution < 1.29 is 22.3 Å². The molecule has 0 spiro atoms. The van der Waals surface area contributed by atoms with E-state index in [1.54, 1.807) is 24.3 Å². The Bertz CT molecular complexity index is 928. The third-order valence-electron chi connectivity index (χ3n) is 3.82. The summed E-state index contributed by atoms with van der Waals surface area (Å²) in [5.41, 5.74) is 2.22. The number of benzene rings is 2. The van der Waals surface area contributed by atoms with Crippen molar-refractivity contribution in [3.63, 3.8) is 0 Å². The fraction of sp³-hybridized carbons (Fsp3) is 0.167. The molecule has 0 unspecified atom stereocenters. The molecule has 1 aliphatic rings. The predicted molar refractivity (Wildman–Crippen MR) is 87.5 cm³/mol. The Kier molecular flexibility index (Phi) is 4.24. The molecule has 1 heterocycles. The zero-order valence-corrected chi connectivity index (χ0v) is 13.8. The van der Waals surface area contributed by atoms with Gasteiger partial charge in [-0.3, -0.25) is 0 Å². The highest BCUT2D eigenvalue weighted by Gasteiger charge is 2.25. The van der Waals surface area contributed by atoms with Gasteiger partial charge in [0.2, 0.25) is 0 Å². The van der Waals surface area contributed by atoms with Crippen LogP contribution in [-0.2, 0) is 19.4 Å². The molecule has 4 nitrogen and oxygen atoms in total. The molecule has 0 N–H and O–H groups in total. The first-order valence-corrected chi connectivity index (χ1v) is 9.22. The van der Waals surface area contributed by atoms with Gasteiger partial charge in [0.25, 0.3) is 0 Å². The van der Waals surface area contributed by atoms with Crippen molar-refractivity contribution in [2.75, 3.05) is 12.9 Å². The lowest BCUT2D eigenvalue weighted by Crippen LogP contribution is -2.02. The van der Waals surface area contributed by atoms with Crippen LogP contribution >= 0.6 is 0 Å². The van der Waals surface area contributed by atoms with Crippen LogP contribution in [0, 0.1) is 5.82 Å². The summed E-state index contributed by atoms with van der Waals surface area (Å²) in [6.07, 6.45) is 1.56. The molecule has 3 rings (SSSR count). The predicted octanol–water partition coefficient (Wildman–Crippen LogP) is 2.98. The highest BCUT2D eigenvalue weighted by atomic mass is 32.2. The summed E-state index contributed by atoms with van der Waals surface area (Å²) in [7, 11) is -3.31. The third kappa shape index (κ3) is 3.23. The lowest BCUT2D eigenvalue weighted by Gasteiger charge is -2.12. The summed E-state index contributed by atoms with van der Waals surface area (Å²) in [5.74, 6) is -0.842. The average Bonchev–Trinajstić information content (AvgIpc) is 2.93. The summed E-state index contributed by atoms with van der Waals surface area (Å²) in [6.45, 7) is 0.286. The van der Waals surface area contributed by atoms with Crippen LogP contribution in [0.4, 0.5) is 4.39 Å². The molecule has 6 heteroatoms. The first-order valence-electron chi connectivity index (χ1n) is 7.33. The van der Waals surface area contributed by atoms with Gasteiger partial charge in [-0.2, -0.15) is 0 Å². The first kappa shape index (κ1) is 16.4. The molecule has 1 fully saturated rings. The molecule has 0 aliphatic carbocycles. The Balaban J connectivity index is 2.18. The van der Waals surface area contributed by atoms with Crippen molar-refractivity contribution in [2.45, 2.75) is 11.3 Å². The zero-order valence-electron chi connectivity index (χ0n) is 13.0. The third-order valence-corrected chi connectivity index (χ3v) is 4.95. The largest absolute Gasteiger partial charge is 0.462 e. The number of ether oxygens (including phenoxy) is 1. The number of halogens is 1. The van der Waals surface area contributed by atoms with E-state index in [2.05, 4.69) is 0 Å². The van der Waals surface area contributed by atoms with E-state index >= 15 is 0 Å². The Morgan fingerprint density at radius 1 is 1.08 bits per heavy atom. The fourth-order valence-corrected chi connectivity index (χ4v) is 3.32. The topological polar surface area (TPSA) is 60.4 Å². The monoisotopic (exact) mass is 346 g/mol. The highest BCUT2D eigenvalue weighted by molar-refractivity contribution is 7.90. The van der Waals surface area contributed by atoms with Crippen LogP contribution < -0.4 is 0 Å². The summed E-state index contributed by atoms with van der Waals surface area (Å²) < 4.78 is 41.8. The van der Waals surface area contributed by atoms with Gasteiger partial charge in [-0.1, -0.05) is 24.3 Å². The summed E-state index contributed by atoms with van der Waals surface area (Å²) in [4.78, 5) is 12.2. The van der Waals surface area contributed by atoms with Gasteiger partial charge in [-0.25, -0.2) is 17.6 Å². The van der Waals surface area contributed by atoms with E-state index in [0.29, 0.717) is 28.7 Å². The van der Waals surface area contributed by atoms with E-state index in [0.717, 1.165) is 6.26 Å². The quantitative estimate of drug-likeness (QED) is 0.633. The smallest absolute Gasteiger partial charge is 0.334 e. The molecule has 0 atom stereocenters. The van der Waals surface area contributed by atoms with Crippen molar-refractivity contribution in [3.8, 4) is 0 Å². The molecular weight excluding hydrogens is 331 g/mol. The van der Waals surface area contributed by atoms with Gasteiger partial charge < -0.3 is 4.74 Å². The van der Waals surface area contributed by atoms with E-state index in [9.17, 15) is 17.6 Å². The maximum absolute atomic E-state index is 13.6. The second kappa shape index (κ2) is 6.20. The van der Waals surface area contributed by atoms with Gasteiger partial charge in [-0.05, 0) is 41.0 Å². The minimum atomic E-state index is -3.31. The molecule has 24 heavy (non-hydrogen) atoms. The highest BCUT2D eigenvalue weighted by Crippen LogP contribution is 2.32. The molecule has 0 aromatic heterocycles. The van der Waals surface area contributed by atoms with Gasteiger partial charge in [0.1, 0.15) is 5.82 Å². The summed E-state index contributed by atoms with van der Waals surface area (Å²) >= 11 is 0. The first-order chi connectivity index (χ1) is 11.4. The molecule has 124 valence electrons. The molecule has 0 radical (unpaired) electrons. The molecule has 1 saturated heterocycles. The fourth-order valence-electron chi connectivity index (χ4n) is 2.69. The molecule has 0 amide bonds. The number of carbonyl (C=O) groups excluding carboxylic acids is 1. The van der Waals surface area contributed by atoms with Gasteiger partial charge in [0.15, 0.2) is 9.84 Å². The van der Waals surface area contributed by atoms with Crippen LogP contribution in [0.15, 0.2) is 59.0 Å². The van der Waals surface area contributed by atoms with E-state index in [-0.39, 0.29) is 11.5 Å². The number of carbonyl (C=O) groups is 1. The van der Waals surface area contributed by atoms with Crippen molar-refractivity contribution in [3.05, 3.63) is 71.0 Å². The van der Waals surface area contributed by atoms with E-state index in [4.69, 9.17) is 4.74 Å². The lowest BCUT2D eigenvalue weighted by atomic mass is 9.92. The van der Waals surface area contributed by atoms with E-state index in [1.165, 1.54) is 24.3 Å². The Morgan fingerprint density at radius 2 is 1.79 bits per heavy atom. The molecule has 0 saturated carbocycles.